The third-order valence-electron chi connectivity index (χ3n) is 7.75. The number of hydrogen-bond donors (Lipinski definition) is 2. The fourth-order valence-corrected chi connectivity index (χ4v) is 6.08. The number of nitrogens with zero attached hydrogens (tertiary/aromatic N) is 2. The van der Waals surface area contributed by atoms with Gasteiger partial charge in [0.15, 0.2) is 0 Å². The molecule has 8 heteroatoms. The molecule has 1 aromatic heterocycles. The van der Waals surface area contributed by atoms with E-state index in [2.05, 4.69) is 9.88 Å². The van der Waals surface area contributed by atoms with Crippen LogP contribution in [-0.2, 0) is 4.79 Å². The van der Waals surface area contributed by atoms with Gasteiger partial charge in [-0.1, -0.05) is 0 Å². The Morgan fingerprint density at radius 3 is 2.42 bits per heavy atom. The Morgan fingerprint density at radius 1 is 0.944 bits per heavy atom. The van der Waals surface area contributed by atoms with Gasteiger partial charge >= 0.3 is 0 Å². The maximum absolute atomic E-state index is 14.2. The van der Waals surface area contributed by atoms with Crippen LogP contribution in [0.4, 0.5) is 20.2 Å². The lowest BCUT2D eigenvalue weighted by Gasteiger charge is -2.48. The van der Waals surface area contributed by atoms with Crippen molar-refractivity contribution in [3.8, 4) is 0 Å². The summed E-state index contributed by atoms with van der Waals surface area (Å²) in [6, 6.07) is 14.1. The average molecular weight is 489 g/mol. The highest BCUT2D eigenvalue weighted by Gasteiger charge is 2.47. The number of aromatic nitrogens is 1. The molecule has 2 aliphatic heterocycles. The molecule has 0 saturated carbocycles. The number of nitrogens with two attached hydrogens (primary N) is 1. The fraction of sp³-hybridized carbons (Fsp3) is 0.286. The highest BCUT2D eigenvalue weighted by atomic mass is 19.1. The summed E-state index contributed by atoms with van der Waals surface area (Å²) in [5, 5.41) is 1.40. The number of hydrogen-bond acceptors (Lipinski definition) is 3. The number of carbonyl (C=O) groups excluding carboxylic acids is 2. The summed E-state index contributed by atoms with van der Waals surface area (Å²) in [5.74, 6) is -1.21. The van der Waals surface area contributed by atoms with Gasteiger partial charge in [-0.3, -0.25) is 9.59 Å². The van der Waals surface area contributed by atoms with Crippen molar-refractivity contribution in [1.82, 2.24) is 4.98 Å². The first-order chi connectivity index (χ1) is 17.4. The smallest absolute Gasteiger partial charge is 0.250 e. The molecular formula is C28H26F2N4O2. The Labute approximate surface area is 206 Å². The molecule has 0 bridgehead atoms. The predicted octanol–water partition coefficient (Wildman–Crippen LogP) is 5.11. The predicted molar refractivity (Wildman–Crippen MR) is 136 cm³/mol. The summed E-state index contributed by atoms with van der Waals surface area (Å²) in [7, 11) is 0. The summed E-state index contributed by atoms with van der Waals surface area (Å²) in [6.07, 6.45) is 3.21. The van der Waals surface area contributed by atoms with Gasteiger partial charge in [0.05, 0.1) is 16.5 Å². The zero-order valence-corrected chi connectivity index (χ0v) is 19.7. The third kappa shape index (κ3) is 3.51. The standard InChI is InChI=1S/C28H26F2N4O2/c29-17-3-6-19(7-4-17)34-14-2-12-28(27(34)36)11-1-13-33(16-28)23-10-8-20(26(31)35)25-24(23)21-15-18(30)5-9-22(21)32-25/h3-10,15,32H,1-2,11-14,16H2,(H2,31,35). The number of fused-ring (bicyclic) bond motifs is 3. The second kappa shape index (κ2) is 8.33. The van der Waals surface area contributed by atoms with Crippen LogP contribution in [0.2, 0.25) is 0 Å². The first-order valence-electron chi connectivity index (χ1n) is 12.2. The molecule has 1 atom stereocenters. The van der Waals surface area contributed by atoms with Crippen LogP contribution in [0.3, 0.4) is 0 Å². The molecule has 2 amide bonds. The third-order valence-corrected chi connectivity index (χ3v) is 7.75. The van der Waals surface area contributed by atoms with Gasteiger partial charge in [0.25, 0.3) is 5.91 Å². The largest absolute Gasteiger partial charge is 0.370 e. The van der Waals surface area contributed by atoms with E-state index in [4.69, 9.17) is 5.73 Å². The second-order valence-corrected chi connectivity index (χ2v) is 9.90. The Morgan fingerprint density at radius 2 is 1.67 bits per heavy atom. The number of amides is 2. The molecule has 3 heterocycles. The quantitative estimate of drug-likeness (QED) is 0.420. The number of piperidine rings is 2. The highest BCUT2D eigenvalue weighted by molar-refractivity contribution is 6.19. The maximum Gasteiger partial charge on any atom is 0.250 e. The number of rotatable bonds is 3. The molecule has 3 aromatic carbocycles. The van der Waals surface area contributed by atoms with Crippen molar-refractivity contribution in [1.29, 1.82) is 0 Å². The van der Waals surface area contributed by atoms with E-state index in [-0.39, 0.29) is 17.5 Å². The lowest BCUT2D eigenvalue weighted by atomic mass is 9.72. The van der Waals surface area contributed by atoms with Gasteiger partial charge in [-0.25, -0.2) is 8.78 Å². The Kier molecular flexibility index (Phi) is 5.21. The molecule has 1 unspecified atom stereocenters. The fourth-order valence-electron chi connectivity index (χ4n) is 6.08. The van der Waals surface area contributed by atoms with Crippen LogP contribution in [-0.4, -0.2) is 36.4 Å². The van der Waals surface area contributed by atoms with Gasteiger partial charge in [-0.15, -0.1) is 0 Å². The first-order valence-corrected chi connectivity index (χ1v) is 12.2. The van der Waals surface area contributed by atoms with E-state index in [9.17, 15) is 18.4 Å². The van der Waals surface area contributed by atoms with Crippen molar-refractivity contribution in [3.63, 3.8) is 0 Å². The molecular weight excluding hydrogens is 462 g/mol. The summed E-state index contributed by atoms with van der Waals surface area (Å²) in [4.78, 5) is 33.2. The number of halogens is 2. The molecule has 2 saturated heterocycles. The van der Waals surface area contributed by atoms with Crippen molar-refractivity contribution >= 4 is 45.0 Å². The highest BCUT2D eigenvalue weighted by Crippen LogP contribution is 2.44. The molecule has 4 aromatic rings. The van der Waals surface area contributed by atoms with Gasteiger partial charge < -0.3 is 20.5 Å². The molecule has 2 fully saturated rings. The summed E-state index contributed by atoms with van der Waals surface area (Å²) in [5.41, 5.74) is 8.25. The molecule has 6 nitrogen and oxygen atoms in total. The summed E-state index contributed by atoms with van der Waals surface area (Å²) in [6.45, 7) is 1.85. The zero-order valence-electron chi connectivity index (χ0n) is 19.7. The maximum atomic E-state index is 14.2. The molecule has 36 heavy (non-hydrogen) atoms. The summed E-state index contributed by atoms with van der Waals surface area (Å²) >= 11 is 0. The SMILES string of the molecule is NC(=O)c1ccc(N2CCCC3(CCCN(c4ccc(F)cc4)C3=O)C2)c2c1[nH]c1ccc(F)cc12. The number of nitrogens with one attached hydrogen (secondary N) is 1. The molecule has 0 aliphatic carbocycles. The van der Waals surface area contributed by atoms with Crippen LogP contribution < -0.4 is 15.5 Å². The first kappa shape index (κ1) is 22.5. The second-order valence-electron chi connectivity index (χ2n) is 9.90. The van der Waals surface area contributed by atoms with E-state index in [0.717, 1.165) is 43.3 Å². The van der Waals surface area contributed by atoms with Gasteiger partial charge in [-0.2, -0.15) is 0 Å². The number of anilines is 2. The Hall–Kier alpha value is -3.94. The van der Waals surface area contributed by atoms with Gasteiger partial charge in [0, 0.05) is 47.3 Å². The minimum Gasteiger partial charge on any atom is -0.370 e. The lowest BCUT2D eigenvalue weighted by molar-refractivity contribution is -0.131. The lowest BCUT2D eigenvalue weighted by Crippen LogP contribution is -2.56. The minimum absolute atomic E-state index is 0.0556. The molecule has 0 radical (unpaired) electrons. The summed E-state index contributed by atoms with van der Waals surface area (Å²) < 4.78 is 27.7. The van der Waals surface area contributed by atoms with E-state index < -0.39 is 11.3 Å². The van der Waals surface area contributed by atoms with E-state index in [1.807, 2.05) is 6.07 Å². The number of benzene rings is 3. The number of carbonyl (C=O) groups is 2. The van der Waals surface area contributed by atoms with Crippen LogP contribution in [0.15, 0.2) is 54.6 Å². The molecule has 3 N–H and O–H groups in total. The van der Waals surface area contributed by atoms with E-state index in [0.29, 0.717) is 40.8 Å². The van der Waals surface area contributed by atoms with Crippen LogP contribution >= 0.6 is 0 Å². The number of primary amides is 1. The van der Waals surface area contributed by atoms with E-state index in [1.54, 1.807) is 29.2 Å². The Bertz CT molecular complexity index is 1510. The average Bonchev–Trinajstić information content (AvgIpc) is 3.24. The van der Waals surface area contributed by atoms with Gasteiger partial charge in [-0.05, 0) is 80.3 Å². The molecule has 184 valence electrons. The minimum atomic E-state index is -0.572. The van der Waals surface area contributed by atoms with Crippen LogP contribution in [0.25, 0.3) is 21.8 Å². The van der Waals surface area contributed by atoms with Crippen molar-refractivity contribution in [2.75, 3.05) is 29.4 Å². The van der Waals surface area contributed by atoms with Crippen LogP contribution in [0.5, 0.6) is 0 Å². The van der Waals surface area contributed by atoms with Crippen molar-refractivity contribution in [2.24, 2.45) is 11.1 Å². The number of aromatic amines is 1. The zero-order chi connectivity index (χ0) is 25.0. The van der Waals surface area contributed by atoms with E-state index in [1.165, 1.54) is 24.3 Å². The van der Waals surface area contributed by atoms with Crippen molar-refractivity contribution < 1.29 is 18.4 Å². The molecule has 6 rings (SSSR count). The van der Waals surface area contributed by atoms with Gasteiger partial charge in [0.1, 0.15) is 11.6 Å². The monoisotopic (exact) mass is 488 g/mol. The molecule has 2 aliphatic rings. The van der Waals surface area contributed by atoms with Gasteiger partial charge in [0.2, 0.25) is 5.91 Å². The van der Waals surface area contributed by atoms with Crippen LogP contribution in [0.1, 0.15) is 36.0 Å². The topological polar surface area (TPSA) is 82.4 Å². The Balaban J connectivity index is 1.43. The van der Waals surface area contributed by atoms with Crippen molar-refractivity contribution in [2.45, 2.75) is 25.7 Å². The van der Waals surface area contributed by atoms with Crippen molar-refractivity contribution in [3.05, 3.63) is 71.8 Å². The van der Waals surface area contributed by atoms with E-state index >= 15 is 0 Å². The number of H-pyrrole nitrogens is 1. The normalized spacial score (nSPS) is 20.6. The van der Waals surface area contributed by atoms with Crippen LogP contribution in [0, 0.1) is 17.0 Å². The molecule has 1 spiro atoms.